The first-order chi connectivity index (χ1) is 12.0. The number of methoxy groups -OCH3 is 1. The van der Waals surface area contributed by atoms with Gasteiger partial charge in [0, 0.05) is 38.8 Å². The first-order valence-electron chi connectivity index (χ1n) is 11.0. The molecular weight excluding hydrogens is 320 g/mol. The van der Waals surface area contributed by atoms with Gasteiger partial charge in [0.2, 0.25) is 0 Å². The molecule has 0 saturated carbocycles. The Bertz CT molecular complexity index is 409. The van der Waals surface area contributed by atoms with E-state index < -0.39 is 0 Å². The molecular formula is C23H48N2O. The van der Waals surface area contributed by atoms with Crippen LogP contribution in [0.1, 0.15) is 81.6 Å². The smallest absolute Gasteiger partial charge is 0.0842 e. The van der Waals surface area contributed by atoms with Crippen LogP contribution >= 0.6 is 0 Å². The molecule has 3 nitrogen and oxygen atoms in total. The molecule has 2 heterocycles. The second-order valence-corrected chi connectivity index (χ2v) is 10.0. The van der Waals surface area contributed by atoms with Gasteiger partial charge in [0.25, 0.3) is 0 Å². The topological polar surface area (TPSA) is 15.7 Å². The van der Waals surface area contributed by atoms with E-state index in [-0.39, 0.29) is 5.60 Å². The van der Waals surface area contributed by atoms with E-state index in [0.29, 0.717) is 17.4 Å². The van der Waals surface area contributed by atoms with Crippen LogP contribution in [-0.2, 0) is 4.74 Å². The van der Waals surface area contributed by atoms with Crippen molar-refractivity contribution in [3.05, 3.63) is 0 Å². The Morgan fingerprint density at radius 3 is 1.65 bits per heavy atom. The average molecular weight is 369 g/mol. The summed E-state index contributed by atoms with van der Waals surface area (Å²) in [6.45, 7) is 25.7. The summed E-state index contributed by atoms with van der Waals surface area (Å²) in [5.41, 5.74) is 0.698. The van der Waals surface area contributed by atoms with Gasteiger partial charge in [0.05, 0.1) is 5.60 Å². The van der Waals surface area contributed by atoms with Gasteiger partial charge in [-0.1, -0.05) is 41.0 Å². The number of hydrogen-bond acceptors (Lipinski definition) is 3. The van der Waals surface area contributed by atoms with Gasteiger partial charge in [-0.05, 0) is 64.3 Å². The molecule has 2 rings (SSSR count). The fraction of sp³-hybridized carbons (Fsp3) is 1.00. The molecule has 0 bridgehead atoms. The van der Waals surface area contributed by atoms with Gasteiger partial charge in [0.1, 0.15) is 0 Å². The van der Waals surface area contributed by atoms with Gasteiger partial charge >= 0.3 is 0 Å². The quantitative estimate of drug-likeness (QED) is 0.633. The van der Waals surface area contributed by atoms with Crippen molar-refractivity contribution in [2.45, 2.75) is 99.3 Å². The van der Waals surface area contributed by atoms with Crippen LogP contribution in [0.2, 0.25) is 0 Å². The highest BCUT2D eigenvalue weighted by atomic mass is 16.5. The first kappa shape index (κ1) is 23.9. The minimum absolute atomic E-state index is 0.124. The zero-order valence-corrected chi connectivity index (χ0v) is 19.6. The molecule has 0 aliphatic carbocycles. The van der Waals surface area contributed by atoms with Crippen molar-refractivity contribution < 1.29 is 4.74 Å². The third kappa shape index (κ3) is 5.69. The molecule has 0 N–H and O–H groups in total. The Hall–Kier alpha value is -0.120. The highest BCUT2D eigenvalue weighted by Crippen LogP contribution is 2.37. The zero-order chi connectivity index (χ0) is 20.1. The molecule has 0 amide bonds. The van der Waals surface area contributed by atoms with E-state index in [1.54, 1.807) is 0 Å². The Labute approximate surface area is 164 Å². The highest BCUT2D eigenvalue weighted by molar-refractivity contribution is 4.95. The van der Waals surface area contributed by atoms with Crippen molar-refractivity contribution in [1.82, 2.24) is 9.80 Å². The summed E-state index contributed by atoms with van der Waals surface area (Å²) in [5, 5.41) is 0. The van der Waals surface area contributed by atoms with E-state index in [2.05, 4.69) is 72.1 Å². The summed E-state index contributed by atoms with van der Waals surface area (Å²) < 4.78 is 5.79. The second-order valence-electron chi connectivity index (χ2n) is 10.0. The molecule has 0 aromatic carbocycles. The number of nitrogens with zero attached hydrogens (tertiary/aromatic N) is 2. The molecule has 3 unspecified atom stereocenters. The Morgan fingerprint density at radius 2 is 1.35 bits per heavy atom. The van der Waals surface area contributed by atoms with E-state index in [0.717, 1.165) is 18.5 Å². The molecule has 2 fully saturated rings. The summed E-state index contributed by atoms with van der Waals surface area (Å²) in [6.07, 6.45) is 3.78. The molecule has 0 radical (unpaired) electrons. The maximum atomic E-state index is 5.79. The van der Waals surface area contributed by atoms with Gasteiger partial charge < -0.3 is 9.64 Å². The molecule has 2 aliphatic heterocycles. The third-order valence-electron chi connectivity index (χ3n) is 7.60. The van der Waals surface area contributed by atoms with Crippen LogP contribution in [0.3, 0.4) is 0 Å². The van der Waals surface area contributed by atoms with Crippen LogP contribution < -0.4 is 0 Å². The summed E-state index contributed by atoms with van der Waals surface area (Å²) in [4.78, 5) is 5.12. The van der Waals surface area contributed by atoms with Gasteiger partial charge in [-0.3, -0.25) is 4.90 Å². The largest absolute Gasteiger partial charge is 0.377 e. The van der Waals surface area contributed by atoms with Crippen LogP contribution in [0.5, 0.6) is 0 Å². The molecule has 3 heteroatoms. The third-order valence-corrected chi connectivity index (χ3v) is 7.60. The first-order valence-corrected chi connectivity index (χ1v) is 11.0. The Balaban J connectivity index is 0.000000263. The standard InChI is InChI=1S/C12H25NO.C11H23N/c1-6-11(4)12(14-5)7-8-13(9-12)10(2)3;1-9(2)11(5)6-7-12(8-11)10(3)4/h10-11H,6-9H2,1-5H3;9-10H,6-8H2,1-5H3. The molecule has 2 aliphatic rings. The van der Waals surface area contributed by atoms with Crippen molar-refractivity contribution in [3.63, 3.8) is 0 Å². The maximum Gasteiger partial charge on any atom is 0.0842 e. The zero-order valence-electron chi connectivity index (χ0n) is 19.6. The van der Waals surface area contributed by atoms with Gasteiger partial charge in [-0.2, -0.15) is 0 Å². The molecule has 0 aromatic heterocycles. The predicted molar refractivity (Wildman–Crippen MR) is 115 cm³/mol. The van der Waals surface area contributed by atoms with Crippen LogP contribution in [0.15, 0.2) is 0 Å². The molecule has 0 aromatic rings. The molecule has 0 spiro atoms. The minimum atomic E-state index is 0.124. The fourth-order valence-electron chi connectivity index (χ4n) is 4.35. The summed E-state index contributed by atoms with van der Waals surface area (Å²) >= 11 is 0. The van der Waals surface area contributed by atoms with Gasteiger partial charge in [0.15, 0.2) is 0 Å². The number of likely N-dealkylation sites (tertiary alicyclic amines) is 2. The Kier molecular flexibility index (Phi) is 9.10. The van der Waals surface area contributed by atoms with Crippen LogP contribution in [-0.4, -0.2) is 60.8 Å². The average Bonchev–Trinajstić information content (AvgIpc) is 3.20. The van der Waals surface area contributed by atoms with Gasteiger partial charge in [-0.15, -0.1) is 0 Å². The van der Waals surface area contributed by atoms with Crippen LogP contribution in [0.25, 0.3) is 0 Å². The lowest BCUT2D eigenvalue weighted by Crippen LogP contribution is -2.42. The van der Waals surface area contributed by atoms with Crippen molar-refractivity contribution in [2.24, 2.45) is 17.3 Å². The summed E-state index contributed by atoms with van der Waals surface area (Å²) in [7, 11) is 1.87. The van der Waals surface area contributed by atoms with E-state index in [4.69, 9.17) is 4.74 Å². The normalized spacial score (nSPS) is 31.7. The van der Waals surface area contributed by atoms with Crippen LogP contribution in [0, 0.1) is 17.3 Å². The van der Waals surface area contributed by atoms with Crippen LogP contribution in [0.4, 0.5) is 0 Å². The minimum Gasteiger partial charge on any atom is -0.377 e. The molecule has 26 heavy (non-hydrogen) atoms. The lowest BCUT2D eigenvalue weighted by molar-refractivity contribution is -0.0467. The van der Waals surface area contributed by atoms with Crippen molar-refractivity contribution in [1.29, 1.82) is 0 Å². The Morgan fingerprint density at radius 1 is 0.846 bits per heavy atom. The van der Waals surface area contributed by atoms with Crippen molar-refractivity contribution in [2.75, 3.05) is 33.3 Å². The van der Waals surface area contributed by atoms with Gasteiger partial charge in [-0.25, -0.2) is 0 Å². The highest BCUT2D eigenvalue weighted by Gasteiger charge is 2.42. The lowest BCUT2D eigenvalue weighted by atomic mass is 9.78. The molecule has 2 saturated heterocycles. The summed E-state index contributed by atoms with van der Waals surface area (Å²) in [5.74, 6) is 1.48. The molecule has 3 atom stereocenters. The van der Waals surface area contributed by atoms with Crippen molar-refractivity contribution in [3.8, 4) is 0 Å². The lowest BCUT2D eigenvalue weighted by Gasteiger charge is -2.34. The van der Waals surface area contributed by atoms with Crippen molar-refractivity contribution >= 4 is 0 Å². The SMILES string of the molecule is CC(C)N1CCC(C)(C(C)C)C1.CCC(C)C1(OC)CCN(C(C)C)C1. The maximum absolute atomic E-state index is 5.79. The molecule has 156 valence electrons. The number of ether oxygens (including phenoxy) is 1. The van der Waals surface area contributed by atoms with E-state index in [1.165, 1.54) is 38.9 Å². The van der Waals surface area contributed by atoms with E-state index in [1.807, 2.05) is 7.11 Å². The number of rotatable bonds is 6. The monoisotopic (exact) mass is 368 g/mol. The fourth-order valence-corrected chi connectivity index (χ4v) is 4.35. The second kappa shape index (κ2) is 9.89. The number of hydrogen-bond donors (Lipinski definition) is 0. The predicted octanol–water partition coefficient (Wildman–Crippen LogP) is 5.29. The van der Waals surface area contributed by atoms with E-state index >= 15 is 0 Å². The summed E-state index contributed by atoms with van der Waals surface area (Å²) in [6, 6.07) is 1.38. The van der Waals surface area contributed by atoms with E-state index in [9.17, 15) is 0 Å².